The molecule has 10 bridgehead atoms. The van der Waals surface area contributed by atoms with Gasteiger partial charge in [-0.3, -0.25) is 4.55 Å². The lowest BCUT2D eigenvalue weighted by Crippen LogP contribution is -2.66. The van der Waals surface area contributed by atoms with E-state index in [1.807, 2.05) is 6.92 Å². The van der Waals surface area contributed by atoms with Crippen LogP contribution < -0.4 is 0 Å². The molecule has 9 rings (SSSR count). The van der Waals surface area contributed by atoms with E-state index in [0.29, 0.717) is 30.1 Å². The molecule has 1 N–H and O–H groups in total. The minimum absolute atomic E-state index is 0.117. The zero-order chi connectivity index (χ0) is 32.6. The summed E-state index contributed by atoms with van der Waals surface area (Å²) >= 11 is 0. The summed E-state index contributed by atoms with van der Waals surface area (Å²) in [5.41, 5.74) is -1.32. The Morgan fingerprint density at radius 2 is 1.54 bits per heavy atom. The topological polar surface area (TPSA) is 152 Å². The van der Waals surface area contributed by atoms with Crippen molar-refractivity contribution in [2.75, 3.05) is 26.4 Å². The van der Waals surface area contributed by atoms with Crippen LogP contribution in [0.1, 0.15) is 77.6 Å². The maximum absolute atomic E-state index is 13.8. The van der Waals surface area contributed by atoms with Crippen LogP contribution >= 0.6 is 0 Å². The van der Waals surface area contributed by atoms with Gasteiger partial charge in [-0.25, -0.2) is 14.4 Å². The third-order valence-corrected chi connectivity index (χ3v) is 13.8. The van der Waals surface area contributed by atoms with Gasteiger partial charge in [0.1, 0.15) is 37.1 Å². The Balaban J connectivity index is 1.17. The van der Waals surface area contributed by atoms with Crippen LogP contribution in [0.2, 0.25) is 0 Å². The first-order valence-electron chi connectivity index (χ1n) is 16.9. The van der Waals surface area contributed by atoms with E-state index in [1.165, 1.54) is 6.42 Å². The fourth-order valence-electron chi connectivity index (χ4n) is 11.6. The molecule has 8 aliphatic carbocycles. The zero-order valence-corrected chi connectivity index (χ0v) is 26.9. The van der Waals surface area contributed by atoms with Crippen LogP contribution in [0.15, 0.2) is 0 Å². The Hall–Kier alpha value is -1.90. The molecule has 1 heterocycles. The van der Waals surface area contributed by atoms with Crippen LogP contribution in [0.25, 0.3) is 0 Å². The third-order valence-electron chi connectivity index (χ3n) is 13.0. The molecule has 0 aromatic heterocycles. The van der Waals surface area contributed by atoms with Crippen molar-refractivity contribution in [2.24, 2.45) is 53.3 Å². The lowest BCUT2D eigenvalue weighted by atomic mass is 9.42. The fourth-order valence-corrected chi connectivity index (χ4v) is 11.8. The van der Waals surface area contributed by atoms with E-state index in [2.05, 4.69) is 4.74 Å². The Bertz CT molecular complexity index is 1320. The monoisotopic (exact) mass is 674 g/mol. The highest BCUT2D eigenvalue weighted by Crippen LogP contribution is 2.68. The summed E-state index contributed by atoms with van der Waals surface area (Å²) in [5.74, 6) is -0.221. The van der Waals surface area contributed by atoms with Crippen LogP contribution in [0, 0.1) is 53.3 Å². The van der Waals surface area contributed by atoms with Gasteiger partial charge in [-0.2, -0.15) is 17.2 Å². The molecule has 258 valence electrons. The summed E-state index contributed by atoms with van der Waals surface area (Å²) in [4.78, 5) is 38.8. The number of hydrogen-bond acceptors (Lipinski definition) is 10. The molecule has 7 unspecified atom stereocenters. The summed E-state index contributed by atoms with van der Waals surface area (Å²) in [5, 5.41) is -5.20. The molecule has 0 aromatic rings. The molecule has 1 spiro atoms. The van der Waals surface area contributed by atoms with Gasteiger partial charge >= 0.3 is 33.3 Å². The SMILES string of the molecule is CCC12OC(=O)COC(COC(=O)C(F)(F)S(=O)(=O)O)COCC(=O)OC3(CC4C5CC(CC1C5)CC42)C1CC2CC(C1)CC3C2. The first-order chi connectivity index (χ1) is 21.7. The van der Waals surface area contributed by atoms with Crippen LogP contribution in [0.5, 0.6) is 0 Å². The Morgan fingerprint density at radius 1 is 0.913 bits per heavy atom. The lowest BCUT2D eigenvalue weighted by Gasteiger charge is -2.66. The average Bonchev–Trinajstić information content (AvgIpc) is 2.98. The van der Waals surface area contributed by atoms with Gasteiger partial charge in [-0.05, 0) is 118 Å². The molecule has 0 amide bonds. The molecule has 0 radical (unpaired) electrons. The number of carbonyl (C=O) groups is 3. The maximum Gasteiger partial charge on any atom is 0.465 e. The highest BCUT2D eigenvalue weighted by atomic mass is 32.2. The normalized spacial score (nSPS) is 45.6. The van der Waals surface area contributed by atoms with Crippen molar-refractivity contribution in [3.63, 3.8) is 0 Å². The maximum atomic E-state index is 13.8. The van der Waals surface area contributed by atoms with Crippen LogP contribution in [0.4, 0.5) is 8.78 Å². The van der Waals surface area contributed by atoms with E-state index in [1.54, 1.807) is 0 Å². The molecule has 9 aliphatic rings. The number of hydrogen-bond donors (Lipinski definition) is 1. The van der Waals surface area contributed by atoms with Crippen molar-refractivity contribution < 1.29 is 59.8 Å². The van der Waals surface area contributed by atoms with E-state index in [0.717, 1.165) is 57.8 Å². The predicted octanol–water partition coefficient (Wildman–Crippen LogP) is 3.93. The van der Waals surface area contributed by atoms with Crippen molar-refractivity contribution in [1.29, 1.82) is 0 Å². The van der Waals surface area contributed by atoms with Gasteiger partial charge in [0.05, 0.1) is 6.61 Å². The number of rotatable bonds is 5. The first-order valence-corrected chi connectivity index (χ1v) is 18.3. The first kappa shape index (κ1) is 32.6. The molecule has 9 fully saturated rings. The summed E-state index contributed by atoms with van der Waals surface area (Å²) in [6, 6.07) is 0. The van der Waals surface area contributed by atoms with Crippen LogP contribution in [-0.2, 0) is 48.2 Å². The molecular weight excluding hydrogens is 630 g/mol. The summed E-state index contributed by atoms with van der Waals surface area (Å²) in [6.45, 7) is -0.396. The van der Waals surface area contributed by atoms with E-state index < -0.39 is 77.0 Å². The van der Waals surface area contributed by atoms with E-state index >= 15 is 0 Å². The van der Waals surface area contributed by atoms with Crippen molar-refractivity contribution in [3.8, 4) is 0 Å². The molecule has 8 saturated carbocycles. The van der Waals surface area contributed by atoms with Crippen LogP contribution in [-0.4, -0.2) is 79.9 Å². The van der Waals surface area contributed by atoms with Crippen molar-refractivity contribution in [1.82, 2.24) is 0 Å². The third kappa shape index (κ3) is 5.37. The number of ether oxygens (including phenoxy) is 5. The predicted molar refractivity (Wildman–Crippen MR) is 154 cm³/mol. The molecule has 11 nitrogen and oxygen atoms in total. The second-order valence-corrected chi connectivity index (χ2v) is 16.8. The number of alkyl halides is 2. The molecule has 1 aliphatic heterocycles. The van der Waals surface area contributed by atoms with Gasteiger partial charge in [0, 0.05) is 5.92 Å². The van der Waals surface area contributed by atoms with E-state index in [-0.39, 0.29) is 29.6 Å². The van der Waals surface area contributed by atoms with Gasteiger partial charge in [0.25, 0.3) is 0 Å². The lowest BCUT2D eigenvalue weighted by molar-refractivity contribution is -0.252. The smallest absolute Gasteiger partial charge is 0.457 e. The van der Waals surface area contributed by atoms with Gasteiger partial charge in [0.15, 0.2) is 0 Å². The van der Waals surface area contributed by atoms with Gasteiger partial charge in [-0.1, -0.05) is 6.92 Å². The Morgan fingerprint density at radius 3 is 2.20 bits per heavy atom. The molecule has 14 heteroatoms. The van der Waals surface area contributed by atoms with Crippen molar-refractivity contribution >= 4 is 28.0 Å². The highest BCUT2D eigenvalue weighted by molar-refractivity contribution is 7.87. The standard InChI is InChI=1S/C32H44F2O11S/c1-2-30-23-9-19-4-20(11-23)25(26(30)10-19)12-31(21-5-17-3-18(7-21)8-22(31)6-17)45-27(35)15-41-13-24(42-16-28(36)44-30)14-43-29(37)32(33,34)46(38,39)40/h17-26H,2-16H2,1H3,(H,38,39,40). The molecule has 46 heavy (non-hydrogen) atoms. The van der Waals surface area contributed by atoms with Gasteiger partial charge in [0.2, 0.25) is 0 Å². The van der Waals surface area contributed by atoms with Gasteiger partial charge < -0.3 is 23.7 Å². The summed E-state index contributed by atoms with van der Waals surface area (Å²) < 4.78 is 86.9. The fraction of sp³-hybridized carbons (Fsp3) is 0.906. The minimum atomic E-state index is -6.08. The zero-order valence-electron chi connectivity index (χ0n) is 26.1. The number of halogens is 2. The second kappa shape index (κ2) is 11.6. The molecule has 7 atom stereocenters. The molecular formula is C32H44F2O11S. The summed E-state index contributed by atoms with van der Waals surface area (Å²) in [6.07, 6.45) is 9.51. The Labute approximate surface area is 267 Å². The molecule has 1 saturated heterocycles. The summed E-state index contributed by atoms with van der Waals surface area (Å²) in [7, 11) is -6.08. The average molecular weight is 675 g/mol. The van der Waals surface area contributed by atoms with Gasteiger partial charge in [-0.15, -0.1) is 0 Å². The van der Waals surface area contributed by atoms with Crippen molar-refractivity contribution in [3.05, 3.63) is 0 Å². The number of carbonyl (C=O) groups excluding carboxylic acids is 3. The van der Waals surface area contributed by atoms with E-state index in [4.69, 9.17) is 23.5 Å². The van der Waals surface area contributed by atoms with Crippen molar-refractivity contribution in [2.45, 2.75) is 100 Å². The quantitative estimate of drug-likeness (QED) is 0.257. The molecule has 0 aromatic carbocycles. The highest BCUT2D eigenvalue weighted by Gasteiger charge is 2.67. The Kier molecular flexibility index (Phi) is 8.24. The second-order valence-electron chi connectivity index (χ2n) is 15.3. The minimum Gasteiger partial charge on any atom is -0.457 e. The number of esters is 3. The largest absolute Gasteiger partial charge is 0.465 e. The van der Waals surface area contributed by atoms with Crippen LogP contribution in [0.3, 0.4) is 0 Å². The van der Waals surface area contributed by atoms with E-state index in [9.17, 15) is 31.6 Å².